The van der Waals surface area contributed by atoms with Crippen LogP contribution in [0.2, 0.25) is 0 Å². The van der Waals surface area contributed by atoms with E-state index in [1.807, 2.05) is 0 Å². The van der Waals surface area contributed by atoms with E-state index < -0.39 is 0 Å². The summed E-state index contributed by atoms with van der Waals surface area (Å²) >= 11 is 0. The summed E-state index contributed by atoms with van der Waals surface area (Å²) in [5.41, 5.74) is -0.227. The van der Waals surface area contributed by atoms with Crippen LogP contribution in [-0.4, -0.2) is 25.4 Å². The molecule has 84 valence electrons. The van der Waals surface area contributed by atoms with Gasteiger partial charge in [-0.25, -0.2) is 0 Å². The minimum absolute atomic E-state index is 0.0208. The Morgan fingerprint density at radius 1 is 0.571 bits per heavy atom. The highest BCUT2D eigenvalue weighted by Crippen LogP contribution is 2.70. The zero-order valence-electron chi connectivity index (χ0n) is 10.8. The second-order valence-corrected chi connectivity index (χ2v) is 5.72. The zero-order chi connectivity index (χ0) is 11.4. The van der Waals surface area contributed by atoms with Crippen LogP contribution in [0.15, 0.2) is 0 Å². The fourth-order valence-electron chi connectivity index (χ4n) is 3.43. The third-order valence-corrected chi connectivity index (χ3v) is 5.59. The predicted molar refractivity (Wildman–Crippen MR) is 58.4 cm³/mol. The van der Waals surface area contributed by atoms with E-state index in [0.29, 0.717) is 0 Å². The van der Waals surface area contributed by atoms with Gasteiger partial charge in [0.1, 0.15) is 0 Å². The van der Waals surface area contributed by atoms with E-state index >= 15 is 0 Å². The smallest absolute Gasteiger partial charge is 0.0807 e. The maximum atomic E-state index is 5.72. The first-order valence-electron chi connectivity index (χ1n) is 5.22. The SMILES string of the molecule is COC1(C)C(C)(C)C(C)(OC)C1(C)C. The molecular formula is C12H24O2. The average molecular weight is 200 g/mol. The summed E-state index contributed by atoms with van der Waals surface area (Å²) in [6, 6.07) is 0. The van der Waals surface area contributed by atoms with Gasteiger partial charge in [0.15, 0.2) is 0 Å². The Morgan fingerprint density at radius 2 is 0.786 bits per heavy atom. The number of methoxy groups -OCH3 is 2. The molecule has 1 aliphatic carbocycles. The molecule has 0 aliphatic heterocycles. The highest BCUT2D eigenvalue weighted by Gasteiger charge is 2.77. The van der Waals surface area contributed by atoms with E-state index in [9.17, 15) is 0 Å². The molecule has 0 amide bonds. The second-order valence-electron chi connectivity index (χ2n) is 5.72. The molecule has 0 unspecified atom stereocenters. The van der Waals surface area contributed by atoms with Crippen LogP contribution in [0.25, 0.3) is 0 Å². The van der Waals surface area contributed by atoms with Crippen molar-refractivity contribution in [3.63, 3.8) is 0 Å². The molecule has 0 spiro atoms. The molecule has 0 aromatic carbocycles. The highest BCUT2D eigenvalue weighted by atomic mass is 16.5. The summed E-state index contributed by atoms with van der Waals surface area (Å²) in [7, 11) is 3.58. The lowest BCUT2D eigenvalue weighted by Gasteiger charge is -2.75. The van der Waals surface area contributed by atoms with Crippen LogP contribution in [0.3, 0.4) is 0 Å². The molecule has 0 aromatic heterocycles. The Morgan fingerprint density at radius 3 is 0.929 bits per heavy atom. The Kier molecular flexibility index (Phi) is 2.34. The van der Waals surface area contributed by atoms with Gasteiger partial charge in [-0.05, 0) is 13.8 Å². The molecule has 1 saturated carbocycles. The molecule has 1 aliphatic rings. The van der Waals surface area contributed by atoms with E-state index in [2.05, 4.69) is 41.5 Å². The molecule has 0 bridgehead atoms. The Balaban J connectivity index is 3.21. The fourth-order valence-corrected chi connectivity index (χ4v) is 3.43. The molecule has 2 heteroatoms. The van der Waals surface area contributed by atoms with Gasteiger partial charge in [-0.15, -0.1) is 0 Å². The Bertz CT molecular complexity index is 203. The molecule has 1 rings (SSSR count). The zero-order valence-corrected chi connectivity index (χ0v) is 10.8. The molecule has 0 heterocycles. The summed E-state index contributed by atoms with van der Waals surface area (Å²) < 4.78 is 11.4. The van der Waals surface area contributed by atoms with Crippen LogP contribution in [0, 0.1) is 10.8 Å². The van der Waals surface area contributed by atoms with Crippen molar-refractivity contribution < 1.29 is 9.47 Å². The van der Waals surface area contributed by atoms with Crippen LogP contribution in [0.1, 0.15) is 41.5 Å². The molecule has 0 atom stereocenters. The molecular weight excluding hydrogens is 176 g/mol. The minimum atomic E-state index is -0.134. The minimum Gasteiger partial charge on any atom is -0.377 e. The summed E-state index contributed by atoms with van der Waals surface area (Å²) in [5, 5.41) is 0. The predicted octanol–water partition coefficient (Wildman–Crippen LogP) is 2.86. The van der Waals surface area contributed by atoms with Gasteiger partial charge in [-0.1, -0.05) is 27.7 Å². The largest absolute Gasteiger partial charge is 0.377 e. The second kappa shape index (κ2) is 2.73. The van der Waals surface area contributed by atoms with E-state index in [0.717, 1.165) is 0 Å². The molecule has 0 radical (unpaired) electrons. The van der Waals surface area contributed by atoms with E-state index in [1.54, 1.807) is 14.2 Å². The molecule has 1 fully saturated rings. The van der Waals surface area contributed by atoms with Gasteiger partial charge in [0.25, 0.3) is 0 Å². The van der Waals surface area contributed by atoms with Crippen molar-refractivity contribution >= 4 is 0 Å². The van der Waals surface area contributed by atoms with E-state index in [4.69, 9.17) is 9.47 Å². The van der Waals surface area contributed by atoms with Crippen LogP contribution in [0.4, 0.5) is 0 Å². The lowest BCUT2D eigenvalue weighted by atomic mass is 9.36. The third kappa shape index (κ3) is 0.809. The summed E-state index contributed by atoms with van der Waals surface area (Å²) in [6.07, 6.45) is 0. The van der Waals surface area contributed by atoms with Gasteiger partial charge in [0.05, 0.1) is 11.2 Å². The van der Waals surface area contributed by atoms with Crippen molar-refractivity contribution in [3.8, 4) is 0 Å². The van der Waals surface area contributed by atoms with Crippen molar-refractivity contribution in [1.29, 1.82) is 0 Å². The van der Waals surface area contributed by atoms with Crippen molar-refractivity contribution in [1.82, 2.24) is 0 Å². The van der Waals surface area contributed by atoms with Gasteiger partial charge in [-0.2, -0.15) is 0 Å². The Hall–Kier alpha value is -0.0800. The first-order chi connectivity index (χ1) is 6.12. The number of rotatable bonds is 2. The van der Waals surface area contributed by atoms with E-state index in [1.165, 1.54) is 0 Å². The van der Waals surface area contributed by atoms with Crippen LogP contribution in [0.5, 0.6) is 0 Å². The number of ether oxygens (including phenoxy) is 2. The average Bonchev–Trinajstić information content (AvgIpc) is 2.13. The van der Waals surface area contributed by atoms with Crippen LogP contribution < -0.4 is 0 Å². The number of hydrogen-bond donors (Lipinski definition) is 0. The standard InChI is InChI=1S/C12H24O2/c1-9(2)11(5,13-7)10(3,4)12(9,6)14-8/h1-8H3. The third-order valence-electron chi connectivity index (χ3n) is 5.59. The maximum Gasteiger partial charge on any atom is 0.0807 e. The summed E-state index contributed by atoms with van der Waals surface area (Å²) in [4.78, 5) is 0. The quantitative estimate of drug-likeness (QED) is 0.682. The van der Waals surface area contributed by atoms with Gasteiger partial charge in [0, 0.05) is 25.0 Å². The van der Waals surface area contributed by atoms with Crippen LogP contribution >= 0.6 is 0 Å². The van der Waals surface area contributed by atoms with Gasteiger partial charge in [-0.3, -0.25) is 0 Å². The lowest BCUT2D eigenvalue weighted by molar-refractivity contribution is -0.377. The van der Waals surface area contributed by atoms with Gasteiger partial charge in [0.2, 0.25) is 0 Å². The topological polar surface area (TPSA) is 18.5 Å². The monoisotopic (exact) mass is 200 g/mol. The normalized spacial score (nSPS) is 44.6. The van der Waals surface area contributed by atoms with Crippen molar-refractivity contribution in [2.45, 2.75) is 52.7 Å². The van der Waals surface area contributed by atoms with Crippen molar-refractivity contribution in [2.75, 3.05) is 14.2 Å². The number of hydrogen-bond acceptors (Lipinski definition) is 2. The van der Waals surface area contributed by atoms with Gasteiger partial charge >= 0.3 is 0 Å². The highest BCUT2D eigenvalue weighted by molar-refractivity contribution is 5.27. The fraction of sp³-hybridized carbons (Fsp3) is 1.00. The molecule has 14 heavy (non-hydrogen) atoms. The maximum absolute atomic E-state index is 5.72. The summed E-state index contributed by atoms with van der Waals surface area (Å²) in [6.45, 7) is 13.2. The molecule has 0 saturated heterocycles. The molecule has 0 N–H and O–H groups in total. The first-order valence-corrected chi connectivity index (χ1v) is 5.22. The Labute approximate surface area is 88.0 Å². The first kappa shape index (κ1) is 12.0. The molecule has 0 aromatic rings. The summed E-state index contributed by atoms with van der Waals surface area (Å²) in [5.74, 6) is 0. The van der Waals surface area contributed by atoms with Crippen LogP contribution in [-0.2, 0) is 9.47 Å². The van der Waals surface area contributed by atoms with Crippen molar-refractivity contribution in [3.05, 3.63) is 0 Å². The van der Waals surface area contributed by atoms with E-state index in [-0.39, 0.29) is 22.0 Å². The lowest BCUT2D eigenvalue weighted by Crippen LogP contribution is -2.82. The van der Waals surface area contributed by atoms with Crippen molar-refractivity contribution in [2.24, 2.45) is 10.8 Å². The van der Waals surface area contributed by atoms with Gasteiger partial charge < -0.3 is 9.47 Å². The molecule has 2 nitrogen and oxygen atoms in total.